The molecule has 1 atom stereocenters. The summed E-state index contributed by atoms with van der Waals surface area (Å²) in [5.74, 6) is 0.807. The highest BCUT2D eigenvalue weighted by Gasteiger charge is 2.29. The number of carbonyl (C=O) groups is 1. The van der Waals surface area contributed by atoms with Crippen LogP contribution in [0.3, 0.4) is 0 Å². The fourth-order valence-corrected chi connectivity index (χ4v) is 3.90. The lowest BCUT2D eigenvalue weighted by Crippen LogP contribution is -2.30. The van der Waals surface area contributed by atoms with E-state index in [1.54, 1.807) is 30.7 Å². The van der Waals surface area contributed by atoms with Crippen molar-refractivity contribution in [3.8, 4) is 17.2 Å². The molecule has 1 N–H and O–H groups in total. The number of aromatic nitrogens is 1. The molecule has 3 aromatic rings. The van der Waals surface area contributed by atoms with Gasteiger partial charge in [0.25, 0.3) is 0 Å². The van der Waals surface area contributed by atoms with E-state index in [4.69, 9.17) is 18.9 Å². The first-order valence-electron chi connectivity index (χ1n) is 11.4. The topological polar surface area (TPSA) is 96.2 Å². The van der Waals surface area contributed by atoms with Gasteiger partial charge in [-0.3, -0.25) is 4.79 Å². The molecule has 0 saturated heterocycles. The van der Waals surface area contributed by atoms with E-state index in [0.717, 1.165) is 11.3 Å². The van der Waals surface area contributed by atoms with Crippen LogP contribution in [0.1, 0.15) is 49.7 Å². The minimum Gasteiger partial charge on any atom is -0.497 e. The predicted octanol–water partition coefficient (Wildman–Crippen LogP) is 4.35. The fourth-order valence-electron chi connectivity index (χ4n) is 3.90. The number of rotatable bonds is 9. The van der Waals surface area contributed by atoms with Crippen LogP contribution in [0.15, 0.2) is 47.4 Å². The van der Waals surface area contributed by atoms with Crippen LogP contribution in [0.25, 0.3) is 10.9 Å². The summed E-state index contributed by atoms with van der Waals surface area (Å²) in [5.41, 5.74) is 0.467. The molecule has 0 unspecified atom stereocenters. The molecule has 1 heterocycles. The Morgan fingerprint density at radius 3 is 2.29 bits per heavy atom. The van der Waals surface area contributed by atoms with Crippen molar-refractivity contribution < 1.29 is 28.8 Å². The summed E-state index contributed by atoms with van der Waals surface area (Å²) in [6.45, 7) is 7.79. The van der Waals surface area contributed by atoms with E-state index in [1.807, 2.05) is 45.0 Å². The first-order valence-corrected chi connectivity index (χ1v) is 11.4. The first kappa shape index (κ1) is 26.1. The molecule has 0 aliphatic carbocycles. The molecule has 0 amide bonds. The number of benzene rings is 2. The molecular weight excluding hydrogens is 450 g/mol. The van der Waals surface area contributed by atoms with E-state index in [2.05, 4.69) is 0 Å². The lowest BCUT2D eigenvalue weighted by molar-refractivity contribution is 0.0522. The third kappa shape index (κ3) is 5.59. The summed E-state index contributed by atoms with van der Waals surface area (Å²) in [5, 5.41) is 10.5. The molecule has 0 aliphatic heterocycles. The van der Waals surface area contributed by atoms with Crippen LogP contribution in [0.4, 0.5) is 0 Å². The molecule has 0 bridgehead atoms. The number of aliphatic hydroxyl groups is 1. The van der Waals surface area contributed by atoms with Crippen LogP contribution in [-0.4, -0.2) is 43.1 Å². The van der Waals surface area contributed by atoms with E-state index in [1.165, 1.54) is 13.3 Å². The third-order valence-corrected chi connectivity index (χ3v) is 5.87. The Kier molecular flexibility index (Phi) is 8.07. The van der Waals surface area contributed by atoms with Crippen molar-refractivity contribution in [3.05, 3.63) is 63.9 Å². The zero-order chi connectivity index (χ0) is 25.8. The second-order valence-corrected chi connectivity index (χ2v) is 9.22. The van der Waals surface area contributed by atoms with Crippen LogP contribution in [0.2, 0.25) is 0 Å². The molecule has 0 spiro atoms. The van der Waals surface area contributed by atoms with E-state index in [9.17, 15) is 14.7 Å². The molecule has 188 valence electrons. The van der Waals surface area contributed by atoms with Gasteiger partial charge in [0.15, 0.2) is 11.5 Å². The molecule has 0 saturated carbocycles. The number of esters is 1. The molecule has 0 fully saturated rings. The standard InChI is InChI=1S/C27H33NO7/c1-7-34-26(31)20-14-28(24(15-29)27(2,3)4)21-13-22(33-6)23(12-19(21)25(20)30)35-16-17-8-10-18(32-5)11-9-17/h8-14,24,29H,7,15-16H2,1-6H3/t24-/m1/s1. The average molecular weight is 484 g/mol. The van der Waals surface area contributed by atoms with Gasteiger partial charge in [-0.25, -0.2) is 4.79 Å². The molecule has 8 heteroatoms. The number of nitrogens with zero attached hydrogens (tertiary/aromatic N) is 1. The largest absolute Gasteiger partial charge is 0.497 e. The Hall–Kier alpha value is -3.52. The molecule has 0 aliphatic rings. The Balaban J connectivity index is 2.18. The van der Waals surface area contributed by atoms with Crippen LogP contribution in [-0.2, 0) is 11.3 Å². The molecule has 0 radical (unpaired) electrons. The van der Waals surface area contributed by atoms with E-state index < -0.39 is 17.4 Å². The quantitative estimate of drug-likeness (QED) is 0.452. The first-order chi connectivity index (χ1) is 16.6. The Bertz CT molecular complexity index is 1240. The Morgan fingerprint density at radius 1 is 1.06 bits per heavy atom. The van der Waals surface area contributed by atoms with Gasteiger partial charge in [-0.05, 0) is 36.1 Å². The fraction of sp³-hybridized carbons (Fsp3) is 0.407. The highest BCUT2D eigenvalue weighted by atomic mass is 16.5. The van der Waals surface area contributed by atoms with Crippen LogP contribution < -0.4 is 19.6 Å². The van der Waals surface area contributed by atoms with Crippen molar-refractivity contribution in [1.82, 2.24) is 4.57 Å². The van der Waals surface area contributed by atoms with Crippen molar-refractivity contribution in [2.75, 3.05) is 27.4 Å². The minimum atomic E-state index is -0.713. The summed E-state index contributed by atoms with van der Waals surface area (Å²) in [7, 11) is 3.12. The van der Waals surface area contributed by atoms with Gasteiger partial charge in [0.05, 0.1) is 44.4 Å². The normalized spacial score (nSPS) is 12.3. The number of carbonyl (C=O) groups excluding carboxylic acids is 1. The third-order valence-electron chi connectivity index (χ3n) is 5.87. The number of hydrogen-bond donors (Lipinski definition) is 1. The van der Waals surface area contributed by atoms with Crippen molar-refractivity contribution in [3.63, 3.8) is 0 Å². The summed E-state index contributed by atoms with van der Waals surface area (Å²) in [4.78, 5) is 26.0. The van der Waals surface area contributed by atoms with Crippen molar-refractivity contribution in [2.45, 2.75) is 40.3 Å². The SMILES string of the molecule is CCOC(=O)c1cn([C@H](CO)C(C)(C)C)c2cc(OC)c(OCc3ccc(OC)cc3)cc2c1=O. The Labute approximate surface area is 205 Å². The summed E-state index contributed by atoms with van der Waals surface area (Å²) in [6, 6.07) is 10.3. The lowest BCUT2D eigenvalue weighted by Gasteiger charge is -2.33. The number of methoxy groups -OCH3 is 2. The van der Waals surface area contributed by atoms with Crippen LogP contribution in [0.5, 0.6) is 17.2 Å². The van der Waals surface area contributed by atoms with Crippen molar-refractivity contribution >= 4 is 16.9 Å². The number of pyridine rings is 1. The maximum Gasteiger partial charge on any atom is 0.343 e. The van der Waals surface area contributed by atoms with Crippen molar-refractivity contribution in [2.24, 2.45) is 5.41 Å². The molecule has 1 aromatic heterocycles. The van der Waals surface area contributed by atoms with Crippen LogP contribution >= 0.6 is 0 Å². The second kappa shape index (κ2) is 10.8. The average Bonchev–Trinajstić information content (AvgIpc) is 2.83. The monoisotopic (exact) mass is 483 g/mol. The van der Waals surface area contributed by atoms with Gasteiger partial charge in [-0.15, -0.1) is 0 Å². The van der Waals surface area contributed by atoms with Gasteiger partial charge in [-0.2, -0.15) is 0 Å². The van der Waals surface area contributed by atoms with Gasteiger partial charge >= 0.3 is 5.97 Å². The summed E-state index contributed by atoms with van der Waals surface area (Å²) < 4.78 is 23.7. The number of ether oxygens (including phenoxy) is 4. The van der Waals surface area contributed by atoms with Crippen molar-refractivity contribution in [1.29, 1.82) is 0 Å². The highest BCUT2D eigenvalue weighted by molar-refractivity contribution is 5.94. The molecule has 8 nitrogen and oxygen atoms in total. The zero-order valence-electron chi connectivity index (χ0n) is 21.1. The maximum atomic E-state index is 13.4. The Morgan fingerprint density at radius 2 is 1.74 bits per heavy atom. The summed E-state index contributed by atoms with van der Waals surface area (Å²) in [6.07, 6.45) is 1.46. The minimum absolute atomic E-state index is 0.103. The maximum absolute atomic E-state index is 13.4. The van der Waals surface area contributed by atoms with Gasteiger partial charge in [0.2, 0.25) is 5.43 Å². The van der Waals surface area contributed by atoms with E-state index >= 15 is 0 Å². The van der Waals surface area contributed by atoms with E-state index in [-0.39, 0.29) is 36.2 Å². The highest BCUT2D eigenvalue weighted by Crippen LogP contribution is 2.37. The smallest absolute Gasteiger partial charge is 0.343 e. The van der Waals surface area contributed by atoms with Gasteiger partial charge in [-0.1, -0.05) is 32.9 Å². The number of fused-ring (bicyclic) bond motifs is 1. The van der Waals surface area contributed by atoms with Gasteiger partial charge < -0.3 is 28.6 Å². The summed E-state index contributed by atoms with van der Waals surface area (Å²) >= 11 is 0. The van der Waals surface area contributed by atoms with Gasteiger partial charge in [0.1, 0.15) is 17.9 Å². The predicted molar refractivity (Wildman–Crippen MR) is 134 cm³/mol. The second-order valence-electron chi connectivity index (χ2n) is 9.22. The number of aliphatic hydroxyl groups excluding tert-OH is 1. The molecule has 2 aromatic carbocycles. The molecule has 3 rings (SSSR count). The van der Waals surface area contributed by atoms with Gasteiger partial charge in [0, 0.05) is 12.3 Å². The lowest BCUT2D eigenvalue weighted by atomic mass is 9.86. The number of hydrogen-bond acceptors (Lipinski definition) is 7. The molecule has 35 heavy (non-hydrogen) atoms. The zero-order valence-corrected chi connectivity index (χ0v) is 21.1. The molecular formula is C27H33NO7. The van der Waals surface area contributed by atoms with Crippen LogP contribution in [0, 0.1) is 5.41 Å². The van der Waals surface area contributed by atoms with E-state index in [0.29, 0.717) is 17.0 Å².